The number of ether oxygens (including phenoxy) is 3. The second-order valence-corrected chi connectivity index (χ2v) is 8.92. The number of carbonyl (C=O) groups excluding carboxylic acids is 3. The summed E-state index contributed by atoms with van der Waals surface area (Å²) in [5.74, 6) is -0.740. The summed E-state index contributed by atoms with van der Waals surface area (Å²) in [6.07, 6.45) is -0.449. The highest BCUT2D eigenvalue weighted by Crippen LogP contribution is 2.17. The van der Waals surface area contributed by atoms with Crippen molar-refractivity contribution < 1.29 is 33.5 Å². The molecular formula is C22H31N3O8. The molecule has 0 aliphatic rings. The highest BCUT2D eigenvalue weighted by Gasteiger charge is 2.28. The van der Waals surface area contributed by atoms with Crippen LogP contribution >= 0.6 is 0 Å². The van der Waals surface area contributed by atoms with Crippen molar-refractivity contribution in [3.8, 4) is 0 Å². The van der Waals surface area contributed by atoms with Gasteiger partial charge < -0.3 is 14.2 Å². The normalized spacial score (nSPS) is 11.9. The first kappa shape index (κ1) is 27.4. The molecule has 11 nitrogen and oxygen atoms in total. The Morgan fingerprint density at radius 1 is 1.03 bits per heavy atom. The van der Waals surface area contributed by atoms with E-state index in [1.807, 2.05) is 0 Å². The van der Waals surface area contributed by atoms with Gasteiger partial charge in [0.2, 0.25) is 0 Å². The smallest absolute Gasteiger partial charge is 0.429 e. The number of hydrogen-bond acceptors (Lipinski definition) is 8. The van der Waals surface area contributed by atoms with Gasteiger partial charge >= 0.3 is 18.2 Å². The summed E-state index contributed by atoms with van der Waals surface area (Å²) in [5, 5.41) is 11.7. The molecule has 0 spiro atoms. The number of esters is 1. The summed E-state index contributed by atoms with van der Waals surface area (Å²) >= 11 is 0. The third-order valence-electron chi connectivity index (χ3n) is 3.55. The van der Waals surface area contributed by atoms with E-state index in [0.717, 1.165) is 5.01 Å². The summed E-state index contributed by atoms with van der Waals surface area (Å²) < 4.78 is 15.6. The van der Waals surface area contributed by atoms with Crippen LogP contribution in [0, 0.1) is 10.1 Å². The maximum absolute atomic E-state index is 12.7. The summed E-state index contributed by atoms with van der Waals surface area (Å²) in [6.45, 7) is 11.2. The van der Waals surface area contributed by atoms with Crippen LogP contribution in [0.5, 0.6) is 0 Å². The van der Waals surface area contributed by atoms with Crippen molar-refractivity contribution in [1.29, 1.82) is 0 Å². The fourth-order valence-electron chi connectivity index (χ4n) is 2.33. The zero-order chi connectivity index (χ0) is 25.4. The molecule has 1 N–H and O–H groups in total. The van der Waals surface area contributed by atoms with E-state index in [2.05, 4.69) is 5.43 Å². The van der Waals surface area contributed by atoms with Crippen molar-refractivity contribution in [2.45, 2.75) is 59.7 Å². The highest BCUT2D eigenvalue weighted by molar-refractivity contribution is 5.95. The van der Waals surface area contributed by atoms with Gasteiger partial charge in [-0.2, -0.15) is 0 Å². The molecule has 33 heavy (non-hydrogen) atoms. The molecule has 0 radical (unpaired) electrons. The van der Waals surface area contributed by atoms with Gasteiger partial charge in [0.1, 0.15) is 11.2 Å². The molecule has 11 heteroatoms. The summed E-state index contributed by atoms with van der Waals surface area (Å²) in [4.78, 5) is 47.9. The van der Waals surface area contributed by atoms with Crippen molar-refractivity contribution in [3.05, 3.63) is 45.5 Å². The first-order chi connectivity index (χ1) is 15.1. The number of rotatable bonds is 6. The number of nitrogens with one attached hydrogen (secondary N) is 1. The quantitative estimate of drug-likeness (QED) is 0.217. The van der Waals surface area contributed by atoms with Gasteiger partial charge in [0.25, 0.3) is 5.69 Å². The Labute approximate surface area is 192 Å². The van der Waals surface area contributed by atoms with Crippen LogP contribution in [0.15, 0.2) is 29.8 Å². The molecule has 0 aliphatic heterocycles. The monoisotopic (exact) mass is 465 g/mol. The van der Waals surface area contributed by atoms with E-state index in [4.69, 9.17) is 14.2 Å². The fourth-order valence-corrected chi connectivity index (χ4v) is 2.33. The number of hydrazine groups is 1. The number of non-ortho nitro benzene ring substituents is 1. The number of nitro benzene ring substituents is 1. The number of hydrogen-bond donors (Lipinski definition) is 1. The SMILES string of the molecule is CCOC(=O)/C(=C\c1ccc([N+](=O)[O-])cc1)CN(NC(=O)OC(C)(C)C)C(=O)OC(C)(C)C. The Kier molecular flexibility index (Phi) is 9.38. The molecule has 0 saturated heterocycles. The predicted octanol–water partition coefficient (Wildman–Crippen LogP) is 4.22. The summed E-state index contributed by atoms with van der Waals surface area (Å²) in [6, 6.07) is 5.44. The van der Waals surface area contributed by atoms with Gasteiger partial charge in [-0.25, -0.2) is 24.8 Å². The van der Waals surface area contributed by atoms with Crippen molar-refractivity contribution in [2.75, 3.05) is 13.2 Å². The molecule has 0 heterocycles. The summed E-state index contributed by atoms with van der Waals surface area (Å²) in [5.41, 5.74) is 0.908. The Bertz CT molecular complexity index is 896. The van der Waals surface area contributed by atoms with Crippen molar-refractivity contribution in [3.63, 3.8) is 0 Å². The molecule has 1 aromatic carbocycles. The molecule has 1 aromatic rings. The molecule has 0 aliphatic carbocycles. The molecule has 0 fully saturated rings. The Morgan fingerprint density at radius 2 is 1.58 bits per heavy atom. The van der Waals surface area contributed by atoms with Crippen molar-refractivity contribution in [1.82, 2.24) is 10.4 Å². The van der Waals surface area contributed by atoms with Crippen LogP contribution in [0.4, 0.5) is 15.3 Å². The number of carbonyl (C=O) groups is 3. The lowest BCUT2D eigenvalue weighted by Gasteiger charge is -2.29. The molecule has 0 saturated carbocycles. The average Bonchev–Trinajstić information content (AvgIpc) is 2.64. The third-order valence-corrected chi connectivity index (χ3v) is 3.55. The molecule has 0 bridgehead atoms. The maximum atomic E-state index is 12.7. The minimum Gasteiger partial charge on any atom is -0.463 e. The van der Waals surface area contributed by atoms with E-state index in [0.29, 0.717) is 5.56 Å². The zero-order valence-corrected chi connectivity index (χ0v) is 20.0. The van der Waals surface area contributed by atoms with Crippen LogP contribution in [0.1, 0.15) is 54.0 Å². The van der Waals surface area contributed by atoms with E-state index >= 15 is 0 Å². The molecule has 182 valence electrons. The molecule has 1 rings (SSSR count). The van der Waals surface area contributed by atoms with Gasteiger partial charge in [0, 0.05) is 12.1 Å². The van der Waals surface area contributed by atoms with Crippen molar-refractivity contribution in [2.24, 2.45) is 0 Å². The Morgan fingerprint density at radius 3 is 2.03 bits per heavy atom. The Balaban J connectivity index is 3.29. The Hall–Kier alpha value is -3.63. The maximum Gasteiger partial charge on any atom is 0.429 e. The van der Waals surface area contributed by atoms with Crippen LogP contribution in [-0.2, 0) is 19.0 Å². The van der Waals surface area contributed by atoms with E-state index in [1.165, 1.54) is 30.3 Å². The lowest BCUT2D eigenvalue weighted by atomic mass is 10.1. The average molecular weight is 466 g/mol. The van der Waals surface area contributed by atoms with Crippen molar-refractivity contribution >= 4 is 29.9 Å². The minimum absolute atomic E-state index is 0.00683. The topological polar surface area (TPSA) is 137 Å². The number of benzene rings is 1. The van der Waals surface area contributed by atoms with Crippen LogP contribution in [-0.4, -0.2) is 52.4 Å². The predicted molar refractivity (Wildman–Crippen MR) is 120 cm³/mol. The summed E-state index contributed by atoms with van der Waals surface area (Å²) in [7, 11) is 0. The number of amides is 2. The standard InChI is InChI=1S/C22H31N3O8/c1-8-31-18(26)16(13-15-9-11-17(12-10-15)25(29)30)14-24(20(28)33-22(5,6)7)23-19(27)32-21(2,3)4/h9-13H,8,14H2,1-7H3,(H,23,27)/b16-13-. The second-order valence-electron chi connectivity index (χ2n) is 8.92. The van der Waals surface area contributed by atoms with Crippen LogP contribution in [0.25, 0.3) is 6.08 Å². The van der Waals surface area contributed by atoms with Crippen LogP contribution < -0.4 is 5.43 Å². The largest absolute Gasteiger partial charge is 0.463 e. The van der Waals surface area contributed by atoms with E-state index in [1.54, 1.807) is 48.5 Å². The van der Waals surface area contributed by atoms with E-state index < -0.39 is 40.8 Å². The highest BCUT2D eigenvalue weighted by atomic mass is 16.6. The molecule has 2 amide bonds. The first-order valence-corrected chi connectivity index (χ1v) is 10.2. The van der Waals surface area contributed by atoms with Crippen LogP contribution in [0.2, 0.25) is 0 Å². The fraction of sp³-hybridized carbons (Fsp3) is 0.500. The van der Waals surface area contributed by atoms with Crippen LogP contribution in [0.3, 0.4) is 0 Å². The van der Waals surface area contributed by atoms with Gasteiger partial charge in [-0.1, -0.05) is 0 Å². The third kappa shape index (κ3) is 10.5. The number of nitrogens with zero attached hydrogens (tertiary/aromatic N) is 2. The second kappa shape index (κ2) is 11.3. The minimum atomic E-state index is -0.924. The molecular weight excluding hydrogens is 434 g/mol. The van der Waals surface area contributed by atoms with Gasteiger partial charge in [-0.3, -0.25) is 10.1 Å². The van der Waals surface area contributed by atoms with E-state index in [-0.39, 0.29) is 17.9 Å². The molecule has 0 unspecified atom stereocenters. The number of nitro groups is 1. The van der Waals surface area contributed by atoms with Gasteiger partial charge in [0.15, 0.2) is 0 Å². The lowest BCUT2D eigenvalue weighted by molar-refractivity contribution is -0.384. The first-order valence-electron chi connectivity index (χ1n) is 10.2. The van der Waals surface area contributed by atoms with Gasteiger partial charge in [-0.15, -0.1) is 0 Å². The van der Waals surface area contributed by atoms with Gasteiger partial charge in [-0.05, 0) is 72.2 Å². The molecule has 0 atom stereocenters. The zero-order valence-electron chi connectivity index (χ0n) is 20.0. The van der Waals surface area contributed by atoms with E-state index in [9.17, 15) is 24.5 Å². The van der Waals surface area contributed by atoms with Gasteiger partial charge in [0.05, 0.1) is 23.6 Å². The molecule has 0 aromatic heterocycles. The lowest BCUT2D eigenvalue weighted by Crippen LogP contribution is -2.50.